The first kappa shape index (κ1) is 15.0. The van der Waals surface area contributed by atoms with Gasteiger partial charge < -0.3 is 14.6 Å². The number of halogens is 3. The summed E-state index contributed by atoms with van der Waals surface area (Å²) >= 11 is 0. The Bertz CT molecular complexity index is 607. The fourth-order valence-electron chi connectivity index (χ4n) is 1.72. The van der Waals surface area contributed by atoms with Crippen LogP contribution in [0.4, 0.5) is 13.2 Å². The second-order valence-electron chi connectivity index (χ2n) is 4.35. The molecule has 21 heavy (non-hydrogen) atoms. The summed E-state index contributed by atoms with van der Waals surface area (Å²) in [5.41, 5.74) is -0.181. The molecule has 0 spiro atoms. The standard InChI is InChI=1S/C15H13F3O3/c1-20-13-4-2-10(3-5-13)9-21-14-7-11(15(16,17)18)6-12(19)8-14/h2-8,19H,9H2,1H3. The first-order chi connectivity index (χ1) is 9.88. The van der Waals surface area contributed by atoms with E-state index in [2.05, 4.69) is 0 Å². The minimum absolute atomic E-state index is 0.0434. The summed E-state index contributed by atoms with van der Waals surface area (Å²) in [6.07, 6.45) is -4.53. The lowest BCUT2D eigenvalue weighted by atomic mass is 10.2. The summed E-state index contributed by atoms with van der Waals surface area (Å²) in [6.45, 7) is 0.0880. The fourth-order valence-corrected chi connectivity index (χ4v) is 1.72. The number of methoxy groups -OCH3 is 1. The van der Waals surface area contributed by atoms with Crippen LogP contribution < -0.4 is 9.47 Å². The molecule has 0 saturated carbocycles. The van der Waals surface area contributed by atoms with Crippen molar-refractivity contribution in [3.63, 3.8) is 0 Å². The molecule has 3 nitrogen and oxygen atoms in total. The predicted octanol–water partition coefficient (Wildman–Crippen LogP) is 4.00. The van der Waals surface area contributed by atoms with Crippen LogP contribution in [0.15, 0.2) is 42.5 Å². The van der Waals surface area contributed by atoms with E-state index in [0.717, 1.165) is 17.7 Å². The molecule has 112 valence electrons. The Morgan fingerprint density at radius 3 is 2.24 bits per heavy atom. The number of hydrogen-bond acceptors (Lipinski definition) is 3. The highest BCUT2D eigenvalue weighted by atomic mass is 19.4. The van der Waals surface area contributed by atoms with E-state index in [0.29, 0.717) is 11.8 Å². The van der Waals surface area contributed by atoms with E-state index in [9.17, 15) is 18.3 Å². The Labute approximate surface area is 119 Å². The van der Waals surface area contributed by atoms with Crippen LogP contribution >= 0.6 is 0 Å². The van der Waals surface area contributed by atoms with Crippen molar-refractivity contribution in [2.24, 2.45) is 0 Å². The maximum Gasteiger partial charge on any atom is 0.416 e. The molecule has 0 aromatic heterocycles. The molecule has 2 rings (SSSR count). The number of aromatic hydroxyl groups is 1. The van der Waals surface area contributed by atoms with Gasteiger partial charge in [-0.05, 0) is 29.8 Å². The molecule has 6 heteroatoms. The zero-order chi connectivity index (χ0) is 15.5. The van der Waals surface area contributed by atoms with Gasteiger partial charge in [-0.15, -0.1) is 0 Å². The minimum Gasteiger partial charge on any atom is -0.508 e. The van der Waals surface area contributed by atoms with Crippen molar-refractivity contribution in [3.8, 4) is 17.2 Å². The largest absolute Gasteiger partial charge is 0.508 e. The topological polar surface area (TPSA) is 38.7 Å². The highest BCUT2D eigenvalue weighted by molar-refractivity contribution is 5.39. The van der Waals surface area contributed by atoms with E-state index in [-0.39, 0.29) is 12.4 Å². The molecule has 1 N–H and O–H groups in total. The van der Waals surface area contributed by atoms with Crippen LogP contribution in [0.2, 0.25) is 0 Å². The molecule has 0 aliphatic rings. The Balaban J connectivity index is 2.10. The third-order valence-electron chi connectivity index (χ3n) is 2.78. The normalized spacial score (nSPS) is 11.2. The lowest BCUT2D eigenvalue weighted by molar-refractivity contribution is -0.137. The summed E-state index contributed by atoms with van der Waals surface area (Å²) in [5.74, 6) is 0.142. The third-order valence-corrected chi connectivity index (χ3v) is 2.78. The smallest absolute Gasteiger partial charge is 0.416 e. The second kappa shape index (κ2) is 5.95. The van der Waals surface area contributed by atoms with Gasteiger partial charge in [0.1, 0.15) is 23.9 Å². The SMILES string of the molecule is COc1ccc(COc2cc(O)cc(C(F)(F)F)c2)cc1. The van der Waals surface area contributed by atoms with E-state index in [4.69, 9.17) is 9.47 Å². The highest BCUT2D eigenvalue weighted by Crippen LogP contribution is 2.34. The summed E-state index contributed by atoms with van der Waals surface area (Å²) < 4.78 is 48.1. The summed E-state index contributed by atoms with van der Waals surface area (Å²) in [7, 11) is 1.54. The van der Waals surface area contributed by atoms with E-state index < -0.39 is 17.5 Å². The van der Waals surface area contributed by atoms with Crippen molar-refractivity contribution in [3.05, 3.63) is 53.6 Å². The van der Waals surface area contributed by atoms with Crippen LogP contribution in [0.3, 0.4) is 0 Å². The maximum absolute atomic E-state index is 12.6. The van der Waals surface area contributed by atoms with Crippen LogP contribution in [-0.2, 0) is 12.8 Å². The number of phenolic OH excluding ortho intramolecular Hbond substituents is 1. The van der Waals surface area contributed by atoms with E-state index in [1.165, 1.54) is 7.11 Å². The van der Waals surface area contributed by atoms with Gasteiger partial charge in [-0.3, -0.25) is 0 Å². The van der Waals surface area contributed by atoms with Gasteiger partial charge in [-0.2, -0.15) is 13.2 Å². The van der Waals surface area contributed by atoms with E-state index in [1.54, 1.807) is 24.3 Å². The number of hydrogen-bond donors (Lipinski definition) is 1. The molecule has 0 atom stereocenters. The van der Waals surface area contributed by atoms with E-state index >= 15 is 0 Å². The van der Waals surface area contributed by atoms with Gasteiger partial charge in [0.15, 0.2) is 0 Å². The van der Waals surface area contributed by atoms with Crippen molar-refractivity contribution in [1.29, 1.82) is 0 Å². The first-order valence-corrected chi connectivity index (χ1v) is 6.05. The average molecular weight is 298 g/mol. The van der Waals surface area contributed by atoms with Gasteiger partial charge in [0.25, 0.3) is 0 Å². The zero-order valence-corrected chi connectivity index (χ0v) is 11.1. The van der Waals surface area contributed by atoms with Gasteiger partial charge in [-0.25, -0.2) is 0 Å². The number of benzene rings is 2. The molecular weight excluding hydrogens is 285 g/mol. The number of alkyl halides is 3. The third kappa shape index (κ3) is 4.05. The lowest BCUT2D eigenvalue weighted by Crippen LogP contribution is -2.05. The predicted molar refractivity (Wildman–Crippen MR) is 70.4 cm³/mol. The van der Waals surface area contributed by atoms with Crippen LogP contribution in [0.1, 0.15) is 11.1 Å². The quantitative estimate of drug-likeness (QED) is 0.927. The van der Waals surface area contributed by atoms with Crippen LogP contribution in [0, 0.1) is 0 Å². The molecule has 2 aromatic carbocycles. The number of ether oxygens (including phenoxy) is 2. The monoisotopic (exact) mass is 298 g/mol. The number of rotatable bonds is 4. The van der Waals surface area contributed by atoms with Crippen molar-refractivity contribution < 1.29 is 27.8 Å². The van der Waals surface area contributed by atoms with Gasteiger partial charge in [0.05, 0.1) is 12.7 Å². The molecule has 0 fully saturated rings. The molecule has 2 aromatic rings. The average Bonchev–Trinajstić information content (AvgIpc) is 2.44. The number of phenols is 1. The van der Waals surface area contributed by atoms with Crippen LogP contribution in [0.25, 0.3) is 0 Å². The molecule has 0 amide bonds. The van der Waals surface area contributed by atoms with E-state index in [1.807, 2.05) is 0 Å². The molecule has 0 bridgehead atoms. The fraction of sp³-hybridized carbons (Fsp3) is 0.200. The van der Waals surface area contributed by atoms with Crippen molar-refractivity contribution in [2.45, 2.75) is 12.8 Å². The maximum atomic E-state index is 12.6. The summed E-state index contributed by atoms with van der Waals surface area (Å²) in [4.78, 5) is 0. The zero-order valence-electron chi connectivity index (χ0n) is 11.1. The molecule has 0 aliphatic heterocycles. The van der Waals surface area contributed by atoms with Gasteiger partial charge in [-0.1, -0.05) is 12.1 Å². The van der Waals surface area contributed by atoms with Gasteiger partial charge in [0.2, 0.25) is 0 Å². The first-order valence-electron chi connectivity index (χ1n) is 6.05. The Hall–Kier alpha value is -2.37. The van der Waals surface area contributed by atoms with Gasteiger partial charge in [0, 0.05) is 6.07 Å². The van der Waals surface area contributed by atoms with Crippen LogP contribution in [0.5, 0.6) is 17.2 Å². The Kier molecular flexibility index (Phi) is 4.26. The molecule has 0 heterocycles. The van der Waals surface area contributed by atoms with Crippen molar-refractivity contribution in [2.75, 3.05) is 7.11 Å². The van der Waals surface area contributed by atoms with Crippen molar-refractivity contribution in [1.82, 2.24) is 0 Å². The van der Waals surface area contributed by atoms with Crippen molar-refractivity contribution >= 4 is 0 Å². The second-order valence-corrected chi connectivity index (χ2v) is 4.35. The molecule has 0 aliphatic carbocycles. The molecule has 0 unspecified atom stereocenters. The van der Waals surface area contributed by atoms with Gasteiger partial charge >= 0.3 is 6.18 Å². The Morgan fingerprint density at radius 2 is 1.67 bits per heavy atom. The lowest BCUT2D eigenvalue weighted by Gasteiger charge is -2.11. The minimum atomic E-state index is -4.53. The summed E-state index contributed by atoms with van der Waals surface area (Å²) in [5, 5.41) is 9.33. The highest BCUT2D eigenvalue weighted by Gasteiger charge is 2.31. The van der Waals surface area contributed by atoms with Crippen LogP contribution in [-0.4, -0.2) is 12.2 Å². The molecule has 0 saturated heterocycles. The Morgan fingerprint density at radius 1 is 1.00 bits per heavy atom. The molecule has 0 radical (unpaired) electrons. The molecular formula is C15H13F3O3. The summed E-state index contributed by atoms with van der Waals surface area (Å²) in [6, 6.07) is 9.57.